The zero-order valence-electron chi connectivity index (χ0n) is 15.0. The summed E-state index contributed by atoms with van der Waals surface area (Å²) in [7, 11) is 0. The van der Waals surface area contributed by atoms with Gasteiger partial charge in [-0.25, -0.2) is 4.98 Å². The Labute approximate surface area is 159 Å². The van der Waals surface area contributed by atoms with Crippen LogP contribution in [0.25, 0.3) is 22.4 Å². The number of fused-ring (bicyclic) bond motifs is 1. The zero-order chi connectivity index (χ0) is 19.5. The van der Waals surface area contributed by atoms with Crippen molar-refractivity contribution in [2.45, 2.75) is 19.6 Å². The fourth-order valence-electron chi connectivity index (χ4n) is 2.74. The predicted molar refractivity (Wildman–Crippen MR) is 100 cm³/mol. The highest BCUT2D eigenvalue weighted by atomic mass is 16.6. The molecule has 8 nitrogen and oxygen atoms in total. The monoisotopic (exact) mass is 376 g/mol. The normalized spacial score (nSPS) is 12.0. The Kier molecular flexibility index (Phi) is 4.67. The number of carbonyl (C=O) groups excluding carboxylic acids is 1. The van der Waals surface area contributed by atoms with Crippen molar-refractivity contribution in [3.05, 3.63) is 77.2 Å². The minimum absolute atomic E-state index is 0.177. The number of aromatic nitrogens is 4. The van der Waals surface area contributed by atoms with Crippen molar-refractivity contribution in [3.8, 4) is 11.5 Å². The van der Waals surface area contributed by atoms with E-state index >= 15 is 0 Å². The van der Waals surface area contributed by atoms with Gasteiger partial charge in [-0.3, -0.25) is 14.2 Å². The molecule has 0 N–H and O–H groups in total. The van der Waals surface area contributed by atoms with Crippen LogP contribution in [0.15, 0.2) is 70.1 Å². The molecule has 0 aliphatic heterocycles. The summed E-state index contributed by atoms with van der Waals surface area (Å²) < 4.78 is 12.1. The summed E-state index contributed by atoms with van der Waals surface area (Å²) in [6.07, 6.45) is 0.582. The minimum Gasteiger partial charge on any atom is -0.451 e. The van der Waals surface area contributed by atoms with Gasteiger partial charge in [0.05, 0.1) is 17.2 Å². The van der Waals surface area contributed by atoms with E-state index in [2.05, 4.69) is 15.2 Å². The third kappa shape index (κ3) is 3.52. The lowest BCUT2D eigenvalue weighted by molar-refractivity contribution is -0.150. The first-order chi connectivity index (χ1) is 13.6. The molecule has 0 amide bonds. The van der Waals surface area contributed by atoms with E-state index in [1.54, 1.807) is 31.2 Å². The molecule has 28 heavy (non-hydrogen) atoms. The van der Waals surface area contributed by atoms with Crippen LogP contribution in [-0.4, -0.2) is 25.7 Å². The van der Waals surface area contributed by atoms with Crippen molar-refractivity contribution >= 4 is 16.9 Å². The maximum Gasteiger partial charge on any atom is 0.326 e. The van der Waals surface area contributed by atoms with Gasteiger partial charge in [0.1, 0.15) is 6.54 Å². The van der Waals surface area contributed by atoms with Gasteiger partial charge >= 0.3 is 5.97 Å². The van der Waals surface area contributed by atoms with Gasteiger partial charge in [-0.2, -0.15) is 0 Å². The van der Waals surface area contributed by atoms with Crippen molar-refractivity contribution in [2.75, 3.05) is 0 Å². The molecule has 4 aromatic rings. The lowest BCUT2D eigenvalue weighted by atomic mass is 10.2. The Morgan fingerprint density at radius 3 is 2.68 bits per heavy atom. The van der Waals surface area contributed by atoms with E-state index in [1.165, 1.54) is 10.9 Å². The minimum atomic E-state index is -0.749. The van der Waals surface area contributed by atoms with Gasteiger partial charge in [0, 0.05) is 5.56 Å². The van der Waals surface area contributed by atoms with Gasteiger partial charge in [-0.05, 0) is 31.2 Å². The maximum atomic E-state index is 12.5. The Morgan fingerprint density at radius 1 is 1.11 bits per heavy atom. The second kappa shape index (κ2) is 7.43. The van der Waals surface area contributed by atoms with Gasteiger partial charge in [-0.1, -0.05) is 30.3 Å². The number of rotatable bonds is 5. The lowest BCUT2D eigenvalue weighted by Crippen LogP contribution is -2.26. The van der Waals surface area contributed by atoms with Crippen LogP contribution >= 0.6 is 0 Å². The predicted octanol–water partition coefficient (Wildman–Crippen LogP) is 2.75. The number of hydrogen-bond acceptors (Lipinski definition) is 7. The lowest BCUT2D eigenvalue weighted by Gasteiger charge is -2.10. The van der Waals surface area contributed by atoms with Crippen molar-refractivity contribution in [1.82, 2.24) is 19.7 Å². The van der Waals surface area contributed by atoms with Crippen LogP contribution < -0.4 is 5.56 Å². The highest BCUT2D eigenvalue weighted by Crippen LogP contribution is 2.22. The summed E-state index contributed by atoms with van der Waals surface area (Å²) >= 11 is 0. The van der Waals surface area contributed by atoms with Crippen LogP contribution in [0.3, 0.4) is 0 Å². The van der Waals surface area contributed by atoms with Crippen molar-refractivity contribution in [1.29, 1.82) is 0 Å². The molecule has 0 fully saturated rings. The Hall–Kier alpha value is -3.81. The standard InChI is InChI=1S/C20H16N4O4/c1-13(18-22-23-19(28-18)14-7-3-2-4-8-14)27-17(25)11-24-12-21-16-10-6-5-9-15(16)20(24)26/h2-10,12-13H,11H2,1H3/t13-/m1/s1. The van der Waals surface area contributed by atoms with Gasteiger partial charge < -0.3 is 9.15 Å². The summed E-state index contributed by atoms with van der Waals surface area (Å²) in [5.41, 5.74) is 1.04. The molecule has 0 bridgehead atoms. The average molecular weight is 376 g/mol. The molecule has 1 atom stereocenters. The highest BCUT2D eigenvalue weighted by molar-refractivity contribution is 5.77. The summed E-state index contributed by atoms with van der Waals surface area (Å²) in [6.45, 7) is 1.36. The number of nitrogens with zero attached hydrogens (tertiary/aromatic N) is 4. The van der Waals surface area contributed by atoms with E-state index in [0.717, 1.165) is 5.56 Å². The molecule has 2 heterocycles. The molecular weight excluding hydrogens is 360 g/mol. The quantitative estimate of drug-likeness (QED) is 0.494. The zero-order valence-corrected chi connectivity index (χ0v) is 15.0. The van der Waals surface area contributed by atoms with E-state index in [1.807, 2.05) is 30.3 Å². The summed E-state index contributed by atoms with van der Waals surface area (Å²) in [5, 5.41) is 8.35. The number of hydrogen-bond donors (Lipinski definition) is 0. The first-order valence-corrected chi connectivity index (χ1v) is 8.64. The van der Waals surface area contributed by atoms with Crippen LogP contribution in [0.1, 0.15) is 18.9 Å². The Bertz CT molecular complexity index is 1180. The topological polar surface area (TPSA) is 100 Å². The fourth-order valence-corrected chi connectivity index (χ4v) is 2.74. The maximum absolute atomic E-state index is 12.5. The molecule has 8 heteroatoms. The molecule has 0 saturated carbocycles. The molecule has 0 radical (unpaired) electrons. The molecule has 4 rings (SSSR count). The Balaban J connectivity index is 1.46. The smallest absolute Gasteiger partial charge is 0.326 e. The summed E-state index contributed by atoms with van der Waals surface area (Å²) in [4.78, 5) is 28.9. The molecule has 0 spiro atoms. The van der Waals surface area contributed by atoms with Gasteiger partial charge in [0.2, 0.25) is 5.89 Å². The summed E-state index contributed by atoms with van der Waals surface area (Å²) in [5.74, 6) is -0.0872. The summed E-state index contributed by atoms with van der Waals surface area (Å²) in [6, 6.07) is 16.2. The molecule has 0 unspecified atom stereocenters. The van der Waals surface area contributed by atoms with Crippen molar-refractivity contribution in [3.63, 3.8) is 0 Å². The third-order valence-electron chi connectivity index (χ3n) is 4.15. The Morgan fingerprint density at radius 2 is 1.86 bits per heavy atom. The van der Waals surface area contributed by atoms with Crippen LogP contribution in [0.5, 0.6) is 0 Å². The molecule has 140 valence electrons. The van der Waals surface area contributed by atoms with Crippen LogP contribution in [0.2, 0.25) is 0 Å². The van der Waals surface area contributed by atoms with E-state index in [-0.39, 0.29) is 18.0 Å². The number of esters is 1. The molecule has 0 aliphatic carbocycles. The van der Waals surface area contributed by atoms with E-state index in [0.29, 0.717) is 16.8 Å². The van der Waals surface area contributed by atoms with Crippen LogP contribution in [0.4, 0.5) is 0 Å². The SMILES string of the molecule is C[C@@H](OC(=O)Cn1cnc2ccccc2c1=O)c1nnc(-c2ccccc2)o1. The fraction of sp³-hybridized carbons (Fsp3) is 0.150. The van der Waals surface area contributed by atoms with Crippen LogP contribution in [0, 0.1) is 0 Å². The van der Waals surface area contributed by atoms with Gasteiger partial charge in [0.15, 0.2) is 6.10 Å². The molecule has 2 aromatic heterocycles. The van der Waals surface area contributed by atoms with Gasteiger partial charge in [0.25, 0.3) is 11.4 Å². The molecule has 0 aliphatic rings. The second-order valence-corrected chi connectivity index (χ2v) is 6.14. The van der Waals surface area contributed by atoms with Crippen molar-refractivity contribution < 1.29 is 13.9 Å². The third-order valence-corrected chi connectivity index (χ3v) is 4.15. The highest BCUT2D eigenvalue weighted by Gasteiger charge is 2.19. The molecule has 2 aromatic carbocycles. The molecule has 0 saturated heterocycles. The first-order valence-electron chi connectivity index (χ1n) is 8.64. The number of ether oxygens (including phenoxy) is 1. The average Bonchev–Trinajstić information content (AvgIpc) is 3.21. The van der Waals surface area contributed by atoms with Gasteiger partial charge in [-0.15, -0.1) is 10.2 Å². The van der Waals surface area contributed by atoms with Crippen LogP contribution in [-0.2, 0) is 16.1 Å². The second-order valence-electron chi connectivity index (χ2n) is 6.14. The number of para-hydroxylation sites is 1. The number of carbonyl (C=O) groups is 1. The largest absolute Gasteiger partial charge is 0.451 e. The van der Waals surface area contributed by atoms with Crippen molar-refractivity contribution in [2.24, 2.45) is 0 Å². The van der Waals surface area contributed by atoms with E-state index < -0.39 is 12.1 Å². The number of benzene rings is 2. The van der Waals surface area contributed by atoms with E-state index in [4.69, 9.17) is 9.15 Å². The first kappa shape index (κ1) is 17.6. The molecular formula is C20H16N4O4. The van der Waals surface area contributed by atoms with E-state index in [9.17, 15) is 9.59 Å².